The van der Waals surface area contributed by atoms with Crippen LogP contribution in [0.1, 0.15) is 17.5 Å². The van der Waals surface area contributed by atoms with Gasteiger partial charge >= 0.3 is 0 Å². The van der Waals surface area contributed by atoms with Crippen molar-refractivity contribution in [2.45, 2.75) is 49.6 Å². The molecule has 39 heavy (non-hydrogen) atoms. The molecule has 1 aliphatic rings. The fraction of sp³-hybridized carbons (Fsp3) is 0.423. The van der Waals surface area contributed by atoms with Crippen molar-refractivity contribution in [1.29, 1.82) is 0 Å². The van der Waals surface area contributed by atoms with E-state index in [0.717, 1.165) is 0 Å². The summed E-state index contributed by atoms with van der Waals surface area (Å²) in [5.41, 5.74) is 19.0. The largest absolute Gasteiger partial charge is 0.508 e. The molecule has 0 radical (unpaired) electrons. The molecule has 1 aliphatic heterocycles. The Hall–Kier alpha value is -3.75. The Morgan fingerprint density at radius 2 is 1.46 bits per heavy atom. The van der Waals surface area contributed by atoms with E-state index in [9.17, 15) is 34.8 Å². The highest BCUT2D eigenvalue weighted by molar-refractivity contribution is 5.93. The van der Waals surface area contributed by atoms with Crippen LogP contribution in [0.2, 0.25) is 0 Å². The van der Waals surface area contributed by atoms with Crippen molar-refractivity contribution in [3.8, 4) is 22.6 Å². The normalized spacial score (nSPS) is 21.5. The Morgan fingerprint density at radius 1 is 0.897 bits per heavy atom. The SMILES string of the molecule is NCC(O)CNC(=O)[C@H]1Cc2cc(ccc2O)-c2ccc(O)c(c2)C[C@H](N)C(=O)N[C@H](C[C@H](O)CN)C(=O)N1. The van der Waals surface area contributed by atoms with Crippen molar-refractivity contribution in [1.82, 2.24) is 16.0 Å². The average Bonchev–Trinajstić information content (AvgIpc) is 2.92. The molecule has 13 heteroatoms. The number of carbonyl (C=O) groups excluding carboxylic acids is 3. The summed E-state index contributed by atoms with van der Waals surface area (Å²) in [6.45, 7) is -0.459. The van der Waals surface area contributed by atoms with Crippen molar-refractivity contribution in [2.75, 3.05) is 19.6 Å². The number of hydrogen-bond acceptors (Lipinski definition) is 10. The highest BCUT2D eigenvalue weighted by atomic mass is 16.3. The number of amides is 3. The van der Waals surface area contributed by atoms with E-state index < -0.39 is 48.1 Å². The highest BCUT2D eigenvalue weighted by Gasteiger charge is 2.31. The lowest BCUT2D eigenvalue weighted by Crippen LogP contribution is -2.57. The summed E-state index contributed by atoms with van der Waals surface area (Å²) in [6.07, 6.45) is -2.63. The third kappa shape index (κ3) is 7.88. The number of nitrogens with one attached hydrogen (secondary N) is 3. The molecule has 3 amide bonds. The molecule has 212 valence electrons. The van der Waals surface area contributed by atoms with Gasteiger partial charge in [-0.1, -0.05) is 12.1 Å². The smallest absolute Gasteiger partial charge is 0.243 e. The molecule has 4 bridgehead atoms. The standard InChI is InChI=1S/C26H36N6O7/c27-10-17(33)9-21-26(39)32-20(25(38)30-12-18(34)11-28)8-16-6-14(2-4-23(16)36)13-1-3-22(35)15(5-13)7-19(29)24(37)31-21/h1-6,17-21,33-36H,7-12,27-29H2,(H,30,38)(H,31,37)(H,32,39)/t17-,18?,19-,20+,21+/m0/s1. The number of fused-ring (bicyclic) bond motifs is 5. The first-order valence-electron chi connectivity index (χ1n) is 12.6. The third-order valence-electron chi connectivity index (χ3n) is 6.52. The van der Waals surface area contributed by atoms with Crippen LogP contribution in [0.15, 0.2) is 36.4 Å². The van der Waals surface area contributed by atoms with E-state index in [1.54, 1.807) is 24.3 Å². The second-order valence-corrected chi connectivity index (χ2v) is 9.58. The summed E-state index contributed by atoms with van der Waals surface area (Å²) in [4.78, 5) is 39.3. The molecule has 13 nitrogen and oxygen atoms in total. The van der Waals surface area contributed by atoms with E-state index in [2.05, 4.69) is 16.0 Å². The van der Waals surface area contributed by atoms with Gasteiger partial charge in [-0.3, -0.25) is 14.4 Å². The van der Waals surface area contributed by atoms with E-state index >= 15 is 0 Å². The van der Waals surface area contributed by atoms with E-state index in [1.807, 2.05) is 0 Å². The molecule has 0 spiro atoms. The molecule has 2 aromatic rings. The summed E-state index contributed by atoms with van der Waals surface area (Å²) in [5, 5.41) is 48.4. The van der Waals surface area contributed by atoms with E-state index in [1.165, 1.54) is 12.1 Å². The van der Waals surface area contributed by atoms with Gasteiger partial charge in [0, 0.05) is 38.9 Å². The second kappa shape index (κ2) is 13.4. The van der Waals surface area contributed by atoms with Gasteiger partial charge in [0.25, 0.3) is 0 Å². The Kier molecular flexibility index (Phi) is 10.2. The Morgan fingerprint density at radius 3 is 2.03 bits per heavy atom. The molecular formula is C26H36N6O7. The number of carbonyl (C=O) groups is 3. The summed E-state index contributed by atoms with van der Waals surface area (Å²) >= 11 is 0. The van der Waals surface area contributed by atoms with Crippen LogP contribution in [0.25, 0.3) is 11.1 Å². The maximum Gasteiger partial charge on any atom is 0.243 e. The van der Waals surface area contributed by atoms with Crippen LogP contribution in [-0.2, 0) is 27.2 Å². The molecule has 13 N–H and O–H groups in total. The van der Waals surface area contributed by atoms with Crippen LogP contribution in [-0.4, -0.2) is 88.1 Å². The second-order valence-electron chi connectivity index (χ2n) is 9.58. The van der Waals surface area contributed by atoms with Crippen molar-refractivity contribution in [3.63, 3.8) is 0 Å². The predicted molar refractivity (Wildman–Crippen MR) is 142 cm³/mol. The fourth-order valence-electron chi connectivity index (χ4n) is 4.19. The lowest BCUT2D eigenvalue weighted by atomic mass is 9.95. The van der Waals surface area contributed by atoms with Gasteiger partial charge < -0.3 is 53.6 Å². The maximum atomic E-state index is 13.3. The molecule has 2 aromatic carbocycles. The van der Waals surface area contributed by atoms with Crippen molar-refractivity contribution >= 4 is 17.7 Å². The number of aliphatic hydroxyl groups excluding tert-OH is 2. The van der Waals surface area contributed by atoms with Crippen molar-refractivity contribution in [3.05, 3.63) is 47.5 Å². The van der Waals surface area contributed by atoms with E-state index in [4.69, 9.17) is 17.2 Å². The number of aromatic hydroxyl groups is 2. The van der Waals surface area contributed by atoms with Crippen LogP contribution in [0.4, 0.5) is 0 Å². The molecule has 1 heterocycles. The first-order valence-corrected chi connectivity index (χ1v) is 12.6. The summed E-state index contributed by atoms with van der Waals surface area (Å²) < 4.78 is 0. The summed E-state index contributed by atoms with van der Waals surface area (Å²) in [6, 6.07) is 5.81. The third-order valence-corrected chi connectivity index (χ3v) is 6.52. The average molecular weight is 545 g/mol. The number of phenols is 2. The summed E-state index contributed by atoms with van der Waals surface area (Å²) in [7, 11) is 0. The van der Waals surface area contributed by atoms with Crippen molar-refractivity contribution < 1.29 is 34.8 Å². The van der Waals surface area contributed by atoms with Gasteiger partial charge in [-0.2, -0.15) is 0 Å². The number of rotatable bonds is 7. The van der Waals surface area contributed by atoms with Crippen LogP contribution in [0.5, 0.6) is 11.5 Å². The van der Waals surface area contributed by atoms with Gasteiger partial charge in [0.2, 0.25) is 17.7 Å². The number of hydrogen-bond donors (Lipinski definition) is 10. The van der Waals surface area contributed by atoms with Crippen molar-refractivity contribution in [2.24, 2.45) is 17.2 Å². The molecule has 0 aliphatic carbocycles. The first-order chi connectivity index (χ1) is 18.5. The molecule has 0 saturated carbocycles. The lowest BCUT2D eigenvalue weighted by molar-refractivity contribution is -0.133. The minimum Gasteiger partial charge on any atom is -0.508 e. The Bertz CT molecular complexity index is 1190. The van der Waals surface area contributed by atoms with Gasteiger partial charge in [0.15, 0.2) is 0 Å². The number of aliphatic hydroxyl groups is 2. The highest BCUT2D eigenvalue weighted by Crippen LogP contribution is 2.30. The maximum absolute atomic E-state index is 13.3. The van der Waals surface area contributed by atoms with Gasteiger partial charge in [0.1, 0.15) is 23.6 Å². The Balaban J connectivity index is 2.07. The molecule has 0 fully saturated rings. The van der Waals surface area contributed by atoms with Crippen LogP contribution < -0.4 is 33.2 Å². The molecule has 0 saturated heterocycles. The number of benzene rings is 2. The van der Waals surface area contributed by atoms with E-state index in [0.29, 0.717) is 22.3 Å². The van der Waals surface area contributed by atoms with Gasteiger partial charge in [-0.05, 0) is 46.5 Å². The van der Waals surface area contributed by atoms with Crippen LogP contribution >= 0.6 is 0 Å². The summed E-state index contributed by atoms with van der Waals surface area (Å²) in [5.74, 6) is -2.38. The number of phenolic OH excluding ortho intramolecular Hbond substituents is 2. The first kappa shape index (κ1) is 29.8. The zero-order chi connectivity index (χ0) is 28.7. The molecule has 0 aromatic heterocycles. The minimum absolute atomic E-state index is 0.0568. The molecular weight excluding hydrogens is 508 g/mol. The molecule has 1 unspecified atom stereocenters. The molecule has 5 atom stereocenters. The van der Waals surface area contributed by atoms with Gasteiger partial charge in [-0.15, -0.1) is 0 Å². The number of nitrogens with two attached hydrogens (primary N) is 3. The zero-order valence-corrected chi connectivity index (χ0v) is 21.3. The minimum atomic E-state index is -1.31. The van der Waals surface area contributed by atoms with Crippen LogP contribution in [0.3, 0.4) is 0 Å². The predicted octanol–water partition coefficient (Wildman–Crippen LogP) is -2.69. The van der Waals surface area contributed by atoms with Gasteiger partial charge in [-0.25, -0.2) is 0 Å². The fourth-order valence-corrected chi connectivity index (χ4v) is 4.19. The molecule has 3 rings (SSSR count). The monoisotopic (exact) mass is 544 g/mol. The Labute approximate surface area is 225 Å². The van der Waals surface area contributed by atoms with E-state index in [-0.39, 0.29) is 50.4 Å². The van der Waals surface area contributed by atoms with Crippen LogP contribution in [0, 0.1) is 0 Å². The van der Waals surface area contributed by atoms with Gasteiger partial charge in [0.05, 0.1) is 18.2 Å². The topological polar surface area (TPSA) is 246 Å². The lowest BCUT2D eigenvalue weighted by Gasteiger charge is -2.26. The zero-order valence-electron chi connectivity index (χ0n) is 21.3. The quantitative estimate of drug-likeness (QED) is 0.173.